The number of carbonyl (C=O) groups excluding carboxylic acids is 2. The van der Waals surface area contributed by atoms with E-state index in [1.807, 2.05) is 6.07 Å². The lowest BCUT2D eigenvalue weighted by atomic mass is 10.1. The molecule has 5 heteroatoms. The highest BCUT2D eigenvalue weighted by Crippen LogP contribution is 2.17. The maximum Gasteiger partial charge on any atom is 0.343 e. The first-order chi connectivity index (χ1) is 13.5. The second-order valence-corrected chi connectivity index (χ2v) is 5.84. The van der Waals surface area contributed by atoms with Gasteiger partial charge in [-0.2, -0.15) is 0 Å². The first kappa shape index (κ1) is 18.7. The molecular formula is C23H17NO4. The van der Waals surface area contributed by atoms with Crippen LogP contribution in [0.4, 0.5) is 0 Å². The van der Waals surface area contributed by atoms with Crippen molar-refractivity contribution in [3.05, 3.63) is 95.1 Å². The van der Waals surface area contributed by atoms with Gasteiger partial charge in [0, 0.05) is 16.7 Å². The molecule has 2 N–H and O–H groups in total. The fourth-order valence-electron chi connectivity index (χ4n) is 2.39. The van der Waals surface area contributed by atoms with Crippen LogP contribution in [-0.4, -0.2) is 19.0 Å². The number of amides is 1. The minimum absolute atomic E-state index is 0.400. The minimum atomic E-state index is -0.481. The lowest BCUT2D eigenvalue weighted by molar-refractivity contribution is 0.0734. The SMILES string of the molecule is COc1ccc(C(=O)Oc2cccc(C#Cc3ccc(C(N)=O)cc3)c2)cc1. The van der Waals surface area contributed by atoms with Gasteiger partial charge < -0.3 is 15.2 Å². The van der Waals surface area contributed by atoms with Crippen LogP contribution in [-0.2, 0) is 0 Å². The third kappa shape index (κ3) is 4.77. The van der Waals surface area contributed by atoms with Gasteiger partial charge in [0.05, 0.1) is 12.7 Å². The predicted molar refractivity (Wildman–Crippen MR) is 105 cm³/mol. The van der Waals surface area contributed by atoms with E-state index in [2.05, 4.69) is 11.8 Å². The van der Waals surface area contributed by atoms with Gasteiger partial charge in [0.25, 0.3) is 0 Å². The second kappa shape index (κ2) is 8.56. The maximum absolute atomic E-state index is 12.3. The number of carbonyl (C=O) groups is 2. The van der Waals surface area contributed by atoms with E-state index in [1.54, 1.807) is 73.8 Å². The summed E-state index contributed by atoms with van der Waals surface area (Å²) >= 11 is 0. The zero-order valence-electron chi connectivity index (χ0n) is 15.1. The smallest absolute Gasteiger partial charge is 0.343 e. The van der Waals surface area contributed by atoms with E-state index in [9.17, 15) is 9.59 Å². The topological polar surface area (TPSA) is 78.6 Å². The Morgan fingerprint density at radius 1 is 0.786 bits per heavy atom. The number of hydrogen-bond donors (Lipinski definition) is 1. The van der Waals surface area contributed by atoms with Gasteiger partial charge in [-0.3, -0.25) is 4.79 Å². The minimum Gasteiger partial charge on any atom is -0.497 e. The molecule has 5 nitrogen and oxygen atoms in total. The van der Waals surface area contributed by atoms with Crippen molar-refractivity contribution in [2.24, 2.45) is 5.73 Å². The lowest BCUT2D eigenvalue weighted by Gasteiger charge is -2.05. The Morgan fingerprint density at radius 3 is 2.07 bits per heavy atom. The van der Waals surface area contributed by atoms with E-state index in [-0.39, 0.29) is 0 Å². The molecule has 3 aromatic carbocycles. The standard InChI is InChI=1S/C23H17NO4/c1-27-20-13-11-19(12-14-20)23(26)28-21-4-2-3-17(15-21)6-5-16-7-9-18(10-8-16)22(24)25/h2-4,7-15H,1H3,(H2,24,25). The summed E-state index contributed by atoms with van der Waals surface area (Å²) in [7, 11) is 1.56. The Bertz CT molecular complexity index is 1060. The van der Waals surface area contributed by atoms with Gasteiger partial charge in [0.1, 0.15) is 11.5 Å². The average Bonchev–Trinajstić information content (AvgIpc) is 2.73. The maximum atomic E-state index is 12.3. The van der Waals surface area contributed by atoms with Crippen molar-refractivity contribution in [3.63, 3.8) is 0 Å². The Labute approximate surface area is 162 Å². The van der Waals surface area contributed by atoms with E-state index >= 15 is 0 Å². The van der Waals surface area contributed by atoms with Gasteiger partial charge in [-0.05, 0) is 66.7 Å². The summed E-state index contributed by atoms with van der Waals surface area (Å²) in [5.41, 5.74) is 7.51. The summed E-state index contributed by atoms with van der Waals surface area (Å²) in [5, 5.41) is 0. The van der Waals surface area contributed by atoms with Crippen LogP contribution in [0.15, 0.2) is 72.8 Å². The van der Waals surface area contributed by atoms with Crippen LogP contribution in [0.3, 0.4) is 0 Å². The molecule has 0 bridgehead atoms. The number of nitrogens with two attached hydrogens (primary N) is 1. The molecule has 0 aliphatic carbocycles. The normalized spacial score (nSPS) is 9.75. The Balaban J connectivity index is 1.71. The summed E-state index contributed by atoms with van der Waals surface area (Å²) in [4.78, 5) is 23.3. The lowest BCUT2D eigenvalue weighted by Crippen LogP contribution is -2.10. The van der Waals surface area contributed by atoms with Crippen LogP contribution >= 0.6 is 0 Å². The molecule has 3 rings (SSSR count). The van der Waals surface area contributed by atoms with E-state index in [0.29, 0.717) is 28.2 Å². The molecule has 0 aliphatic rings. The molecule has 0 heterocycles. The zero-order chi connectivity index (χ0) is 19.9. The van der Waals surface area contributed by atoms with E-state index < -0.39 is 11.9 Å². The van der Waals surface area contributed by atoms with Crippen molar-refractivity contribution in [2.45, 2.75) is 0 Å². The molecule has 0 aromatic heterocycles. The Hall–Kier alpha value is -4.04. The van der Waals surface area contributed by atoms with E-state index in [0.717, 1.165) is 5.56 Å². The molecule has 0 saturated heterocycles. The summed E-state index contributed by atoms with van der Waals surface area (Å²) in [6.45, 7) is 0. The third-order valence-corrected chi connectivity index (χ3v) is 3.89. The number of methoxy groups -OCH3 is 1. The highest BCUT2D eigenvalue weighted by atomic mass is 16.5. The van der Waals surface area contributed by atoms with Crippen LogP contribution in [0.5, 0.6) is 11.5 Å². The highest BCUT2D eigenvalue weighted by Gasteiger charge is 2.09. The summed E-state index contributed by atoms with van der Waals surface area (Å²) in [5.74, 6) is 6.12. The van der Waals surface area contributed by atoms with E-state index in [1.165, 1.54) is 0 Å². The molecule has 0 unspecified atom stereocenters. The molecule has 138 valence electrons. The van der Waals surface area contributed by atoms with Crippen molar-refractivity contribution >= 4 is 11.9 Å². The second-order valence-electron chi connectivity index (χ2n) is 5.84. The highest BCUT2D eigenvalue weighted by molar-refractivity contribution is 5.93. The van der Waals surface area contributed by atoms with Gasteiger partial charge >= 0.3 is 5.97 Å². The van der Waals surface area contributed by atoms with Crippen molar-refractivity contribution in [1.82, 2.24) is 0 Å². The average molecular weight is 371 g/mol. The molecule has 0 radical (unpaired) electrons. The molecule has 0 saturated carbocycles. The zero-order valence-corrected chi connectivity index (χ0v) is 15.1. The van der Waals surface area contributed by atoms with Crippen LogP contribution in [0.2, 0.25) is 0 Å². The number of rotatable bonds is 4. The summed E-state index contributed by atoms with van der Waals surface area (Å²) in [6.07, 6.45) is 0. The molecular weight excluding hydrogens is 354 g/mol. The van der Waals surface area contributed by atoms with Crippen molar-refractivity contribution in [1.29, 1.82) is 0 Å². The van der Waals surface area contributed by atoms with Gasteiger partial charge in [-0.15, -0.1) is 0 Å². The Morgan fingerprint density at radius 2 is 1.43 bits per heavy atom. The number of primary amides is 1. The molecule has 0 aliphatic heterocycles. The van der Waals surface area contributed by atoms with Crippen LogP contribution in [0, 0.1) is 11.8 Å². The number of ether oxygens (including phenoxy) is 2. The predicted octanol–water partition coefficient (Wildman–Crippen LogP) is 3.41. The molecule has 0 atom stereocenters. The monoisotopic (exact) mass is 371 g/mol. The molecule has 0 fully saturated rings. The van der Waals surface area contributed by atoms with Crippen molar-refractivity contribution in [2.75, 3.05) is 7.11 Å². The molecule has 1 amide bonds. The van der Waals surface area contributed by atoms with Crippen molar-refractivity contribution in [3.8, 4) is 23.3 Å². The summed E-state index contributed by atoms with van der Waals surface area (Å²) in [6, 6.07) is 20.3. The van der Waals surface area contributed by atoms with Gasteiger partial charge in [-0.1, -0.05) is 17.9 Å². The number of hydrogen-bond acceptors (Lipinski definition) is 4. The fourth-order valence-corrected chi connectivity index (χ4v) is 2.39. The van der Waals surface area contributed by atoms with Gasteiger partial charge in [0.15, 0.2) is 0 Å². The molecule has 0 spiro atoms. The molecule has 3 aromatic rings. The van der Waals surface area contributed by atoms with Crippen LogP contribution < -0.4 is 15.2 Å². The van der Waals surface area contributed by atoms with Crippen molar-refractivity contribution < 1.29 is 19.1 Å². The van der Waals surface area contributed by atoms with Gasteiger partial charge in [0.2, 0.25) is 5.91 Å². The van der Waals surface area contributed by atoms with Crippen LogP contribution in [0.1, 0.15) is 31.8 Å². The fraction of sp³-hybridized carbons (Fsp3) is 0.0435. The first-order valence-corrected chi connectivity index (χ1v) is 8.43. The number of esters is 1. The van der Waals surface area contributed by atoms with Crippen LogP contribution in [0.25, 0.3) is 0 Å². The first-order valence-electron chi connectivity index (χ1n) is 8.43. The molecule has 28 heavy (non-hydrogen) atoms. The number of benzene rings is 3. The largest absolute Gasteiger partial charge is 0.497 e. The Kier molecular flexibility index (Phi) is 5.73. The van der Waals surface area contributed by atoms with Gasteiger partial charge in [-0.25, -0.2) is 4.79 Å². The third-order valence-electron chi connectivity index (χ3n) is 3.89. The summed E-state index contributed by atoms with van der Waals surface area (Å²) < 4.78 is 10.5. The van der Waals surface area contributed by atoms with E-state index in [4.69, 9.17) is 15.2 Å². The quantitative estimate of drug-likeness (QED) is 0.433.